The third-order valence-corrected chi connectivity index (χ3v) is 6.18. The molecular weight excluding hydrogens is 398 g/mol. The van der Waals surface area contributed by atoms with Crippen LogP contribution in [0.15, 0.2) is 52.7 Å². The highest BCUT2D eigenvalue weighted by Gasteiger charge is 2.37. The molecule has 0 bridgehead atoms. The minimum atomic E-state index is -0.108. The predicted octanol–water partition coefficient (Wildman–Crippen LogP) is 4.65. The molecule has 1 fully saturated rings. The summed E-state index contributed by atoms with van der Waals surface area (Å²) in [5.74, 6) is 1.45. The van der Waals surface area contributed by atoms with Gasteiger partial charge in [0.15, 0.2) is 5.17 Å². The number of rotatable bonds is 8. The number of amides is 1. The van der Waals surface area contributed by atoms with Gasteiger partial charge in [0, 0.05) is 11.6 Å². The van der Waals surface area contributed by atoms with Gasteiger partial charge in [0.25, 0.3) is 0 Å². The van der Waals surface area contributed by atoms with E-state index < -0.39 is 0 Å². The van der Waals surface area contributed by atoms with Gasteiger partial charge >= 0.3 is 0 Å². The Labute approximate surface area is 182 Å². The van der Waals surface area contributed by atoms with E-state index in [-0.39, 0.29) is 11.2 Å². The number of aryl methyl sites for hydroxylation is 1. The zero-order valence-electron chi connectivity index (χ0n) is 17.8. The van der Waals surface area contributed by atoms with Gasteiger partial charge in [0.2, 0.25) is 5.91 Å². The molecule has 1 atom stereocenters. The van der Waals surface area contributed by atoms with E-state index in [4.69, 9.17) is 9.47 Å². The molecule has 158 valence electrons. The summed E-state index contributed by atoms with van der Waals surface area (Å²) in [7, 11) is 3.21. The molecule has 1 aliphatic rings. The van der Waals surface area contributed by atoms with Crippen LogP contribution in [0.3, 0.4) is 0 Å². The summed E-state index contributed by atoms with van der Waals surface area (Å²) in [5.41, 5.74) is 3.05. The van der Waals surface area contributed by atoms with Crippen LogP contribution in [0.4, 0.5) is 0 Å². The Bertz CT molecular complexity index is 958. The molecule has 2 aromatic rings. The number of hydrogen-bond donors (Lipinski definition) is 0. The number of carbonyl (C=O) groups excluding carboxylic acids is 1. The van der Waals surface area contributed by atoms with Crippen LogP contribution in [0.1, 0.15) is 36.5 Å². The predicted molar refractivity (Wildman–Crippen MR) is 123 cm³/mol. The van der Waals surface area contributed by atoms with Gasteiger partial charge < -0.3 is 9.47 Å². The largest absolute Gasteiger partial charge is 0.497 e. The molecule has 1 amide bonds. The molecule has 1 unspecified atom stereocenters. The summed E-state index contributed by atoms with van der Waals surface area (Å²) in [4.78, 5) is 14.7. The average Bonchev–Trinajstić information content (AvgIpc) is 3.05. The van der Waals surface area contributed by atoms with E-state index in [2.05, 4.69) is 30.1 Å². The number of amidine groups is 1. The highest BCUT2D eigenvalue weighted by atomic mass is 32.2. The van der Waals surface area contributed by atoms with E-state index in [9.17, 15) is 4.79 Å². The van der Waals surface area contributed by atoms with E-state index in [1.165, 1.54) is 11.8 Å². The highest BCUT2D eigenvalue weighted by Crippen LogP contribution is 2.32. The van der Waals surface area contributed by atoms with E-state index in [1.54, 1.807) is 31.4 Å². The fraction of sp³-hybridized carbons (Fsp3) is 0.348. The smallest absolute Gasteiger partial charge is 0.242 e. The lowest BCUT2D eigenvalue weighted by molar-refractivity contribution is -0.126. The van der Waals surface area contributed by atoms with Crippen molar-refractivity contribution < 1.29 is 14.3 Å². The third-order valence-electron chi connectivity index (χ3n) is 4.94. The van der Waals surface area contributed by atoms with Gasteiger partial charge in [-0.3, -0.25) is 9.69 Å². The summed E-state index contributed by atoms with van der Waals surface area (Å²) in [6.07, 6.45) is 3.40. The first-order valence-electron chi connectivity index (χ1n) is 9.93. The lowest BCUT2D eigenvalue weighted by Crippen LogP contribution is -2.31. The number of nitrogens with zero attached hydrogens (tertiary/aromatic N) is 3. The Hall–Kier alpha value is -2.80. The first kappa shape index (κ1) is 21.9. The van der Waals surface area contributed by atoms with Crippen molar-refractivity contribution in [3.05, 3.63) is 59.2 Å². The minimum absolute atomic E-state index is 0.0982. The van der Waals surface area contributed by atoms with Crippen LogP contribution in [0.25, 0.3) is 0 Å². The molecule has 6 nitrogen and oxygen atoms in total. The van der Waals surface area contributed by atoms with Crippen molar-refractivity contribution in [2.45, 2.75) is 38.5 Å². The molecule has 0 spiro atoms. The first-order chi connectivity index (χ1) is 14.6. The van der Waals surface area contributed by atoms with Crippen molar-refractivity contribution in [2.75, 3.05) is 14.2 Å². The van der Waals surface area contributed by atoms with Gasteiger partial charge in [0.1, 0.15) is 11.5 Å². The molecule has 3 rings (SSSR count). The van der Waals surface area contributed by atoms with Crippen molar-refractivity contribution in [1.29, 1.82) is 0 Å². The Balaban J connectivity index is 1.85. The maximum atomic E-state index is 13.0. The molecule has 1 heterocycles. The number of benzene rings is 2. The fourth-order valence-corrected chi connectivity index (χ4v) is 4.41. The third kappa shape index (κ3) is 5.02. The number of ether oxygens (including phenoxy) is 2. The van der Waals surface area contributed by atoms with E-state index in [1.807, 2.05) is 30.3 Å². The van der Waals surface area contributed by atoms with Gasteiger partial charge in [-0.05, 0) is 36.6 Å². The molecule has 0 aromatic heterocycles. The molecule has 0 aliphatic carbocycles. The minimum Gasteiger partial charge on any atom is -0.497 e. The average molecular weight is 426 g/mol. The zero-order chi connectivity index (χ0) is 21.5. The van der Waals surface area contributed by atoms with E-state index >= 15 is 0 Å². The number of methoxy groups -OCH3 is 2. The van der Waals surface area contributed by atoms with Crippen LogP contribution in [0.5, 0.6) is 11.5 Å². The molecular formula is C23H27N3O3S. The Morgan fingerprint density at radius 3 is 2.67 bits per heavy atom. The lowest BCUT2D eigenvalue weighted by atomic mass is 10.1. The number of carbonyl (C=O) groups is 1. The summed E-state index contributed by atoms with van der Waals surface area (Å²) < 4.78 is 10.6. The summed E-state index contributed by atoms with van der Waals surface area (Å²) in [6.45, 7) is 4.64. The molecule has 30 heavy (non-hydrogen) atoms. The van der Waals surface area contributed by atoms with Gasteiger partial charge in [-0.25, -0.2) is 0 Å². The molecule has 7 heteroatoms. The quantitative estimate of drug-likeness (QED) is 0.456. The van der Waals surface area contributed by atoms with Crippen molar-refractivity contribution >= 4 is 29.1 Å². The molecule has 0 N–H and O–H groups in total. The molecule has 2 aromatic carbocycles. The second-order valence-corrected chi connectivity index (χ2v) is 8.15. The highest BCUT2D eigenvalue weighted by molar-refractivity contribution is 8.15. The van der Waals surface area contributed by atoms with Crippen LogP contribution in [0.2, 0.25) is 0 Å². The van der Waals surface area contributed by atoms with Crippen molar-refractivity contribution in [2.24, 2.45) is 10.2 Å². The van der Waals surface area contributed by atoms with Gasteiger partial charge in [-0.2, -0.15) is 5.10 Å². The second kappa shape index (κ2) is 10.3. The van der Waals surface area contributed by atoms with Crippen molar-refractivity contribution in [3.8, 4) is 11.5 Å². The molecule has 1 aliphatic heterocycles. The summed E-state index contributed by atoms with van der Waals surface area (Å²) in [6, 6.07) is 13.6. The van der Waals surface area contributed by atoms with Crippen LogP contribution in [-0.4, -0.2) is 41.7 Å². The maximum absolute atomic E-state index is 13.0. The number of thioether (sulfide) groups is 1. The maximum Gasteiger partial charge on any atom is 0.242 e. The van der Waals surface area contributed by atoms with Crippen molar-refractivity contribution in [1.82, 2.24) is 4.90 Å². The van der Waals surface area contributed by atoms with E-state index in [0.29, 0.717) is 23.2 Å². The molecule has 0 saturated carbocycles. The van der Waals surface area contributed by atoms with Crippen LogP contribution < -0.4 is 9.47 Å². The summed E-state index contributed by atoms with van der Waals surface area (Å²) >= 11 is 1.49. The standard InChI is InChI=1S/C23H27N3O3S/c1-5-8-21-22(27)26(15-18-10-7-6-9-16(18)2)23(30-21)25-24-14-17-11-12-19(28-3)13-20(17)29-4/h6-7,9-14,21H,5,8,15H2,1-4H3/b24-14+,25-23+. The molecule has 1 saturated heterocycles. The Kier molecular flexibility index (Phi) is 7.52. The Morgan fingerprint density at radius 2 is 1.97 bits per heavy atom. The lowest BCUT2D eigenvalue weighted by Gasteiger charge is -2.17. The van der Waals surface area contributed by atoms with Crippen molar-refractivity contribution in [3.63, 3.8) is 0 Å². The topological polar surface area (TPSA) is 63.5 Å². The second-order valence-electron chi connectivity index (χ2n) is 6.98. The first-order valence-corrected chi connectivity index (χ1v) is 10.8. The fourth-order valence-electron chi connectivity index (χ4n) is 3.20. The monoisotopic (exact) mass is 425 g/mol. The SMILES string of the molecule is CCCC1S/C(=N/N=C/c2ccc(OC)cc2OC)N(Cc2ccccc2C)C1=O. The van der Waals surface area contributed by atoms with Crippen LogP contribution in [-0.2, 0) is 11.3 Å². The van der Waals surface area contributed by atoms with Gasteiger partial charge in [-0.15, -0.1) is 5.10 Å². The van der Waals surface area contributed by atoms with Gasteiger partial charge in [-0.1, -0.05) is 49.4 Å². The Morgan fingerprint density at radius 1 is 1.17 bits per heavy atom. The molecule has 0 radical (unpaired) electrons. The van der Waals surface area contributed by atoms with Gasteiger partial charge in [0.05, 0.1) is 32.2 Å². The number of hydrogen-bond acceptors (Lipinski definition) is 6. The van der Waals surface area contributed by atoms with Crippen LogP contribution in [0, 0.1) is 6.92 Å². The van der Waals surface area contributed by atoms with Crippen LogP contribution >= 0.6 is 11.8 Å². The summed E-state index contributed by atoms with van der Waals surface area (Å²) in [5, 5.41) is 9.17. The van der Waals surface area contributed by atoms with E-state index in [0.717, 1.165) is 29.5 Å². The zero-order valence-corrected chi connectivity index (χ0v) is 18.6. The normalized spacial score (nSPS) is 17.9.